The first-order valence-electron chi connectivity index (χ1n) is 17.0. The number of hydrogen-bond donors (Lipinski definition) is 3. The van der Waals surface area contributed by atoms with Crippen LogP contribution in [0.3, 0.4) is 0 Å². The summed E-state index contributed by atoms with van der Waals surface area (Å²) in [5.41, 5.74) is 0.835. The van der Waals surface area contributed by atoms with Gasteiger partial charge in [0.25, 0.3) is 0 Å². The van der Waals surface area contributed by atoms with Crippen LogP contribution in [0.25, 0.3) is 0 Å². The van der Waals surface area contributed by atoms with Crippen molar-refractivity contribution in [3.05, 3.63) is 11.6 Å². The van der Waals surface area contributed by atoms with Crippen molar-refractivity contribution in [3.63, 3.8) is 0 Å². The summed E-state index contributed by atoms with van der Waals surface area (Å²) in [6.07, 6.45) is -1.67. The molecular weight excluding hydrogens is 666 g/mol. The Balaban J connectivity index is 0.00000260. The van der Waals surface area contributed by atoms with Gasteiger partial charge in [-0.15, -0.1) is 0 Å². The number of allylic oxidation sites excluding steroid dienone is 2. The Morgan fingerprint density at radius 3 is 2.33 bits per heavy atom. The number of carboxylic acids is 1. The number of rotatable bonds is 9. The van der Waals surface area contributed by atoms with Crippen molar-refractivity contribution < 1.29 is 116 Å². The molecule has 0 aromatic heterocycles. The largest absolute Gasteiger partial charge is 1.00 e. The minimum Gasteiger partial charge on any atom is -0.726 e. The van der Waals surface area contributed by atoms with Crippen LogP contribution in [-0.4, -0.2) is 89.4 Å². The van der Waals surface area contributed by atoms with E-state index < -0.39 is 70.6 Å². The Morgan fingerprint density at radius 2 is 1.71 bits per heavy atom. The monoisotopic (exact) mass is 716 g/mol. The van der Waals surface area contributed by atoms with Gasteiger partial charge in [-0.2, -0.15) is 0 Å². The van der Waals surface area contributed by atoms with Gasteiger partial charge in [0.05, 0.1) is 30.4 Å². The predicted molar refractivity (Wildman–Crippen MR) is 159 cm³/mol. The van der Waals surface area contributed by atoms with Gasteiger partial charge in [0.1, 0.15) is 24.4 Å². The third-order valence-corrected chi connectivity index (χ3v) is 13.4. The molecule has 2 aliphatic heterocycles. The first kappa shape index (κ1) is 41.6. The molecule has 48 heavy (non-hydrogen) atoms. The zero-order valence-electron chi connectivity index (χ0n) is 29.3. The number of aliphatic hydroxyl groups excluding tert-OH is 3. The zero-order valence-corrected chi connectivity index (χ0v) is 34.1. The molecule has 12 nitrogen and oxygen atoms in total. The fraction of sp³-hybridized carbons (Fsp3) is 0.909. The van der Waals surface area contributed by atoms with Crippen molar-refractivity contribution >= 4 is 16.4 Å². The minimum atomic E-state index is -5.03. The molecule has 262 valence electrons. The molecule has 4 aliphatic carbocycles. The summed E-state index contributed by atoms with van der Waals surface area (Å²) in [6.45, 7) is 11.2. The maximum absolute atomic E-state index is 12.1. The van der Waals surface area contributed by atoms with E-state index in [4.69, 9.17) is 18.4 Å². The van der Waals surface area contributed by atoms with Crippen molar-refractivity contribution in [2.24, 2.45) is 46.3 Å². The first-order chi connectivity index (χ1) is 21.4. The molecule has 16 atom stereocenters. The molecule has 0 spiro atoms. The van der Waals surface area contributed by atoms with E-state index in [-0.39, 0.29) is 83.0 Å². The van der Waals surface area contributed by atoms with Crippen LogP contribution in [0.15, 0.2) is 11.6 Å². The molecule has 2 saturated heterocycles. The summed E-state index contributed by atoms with van der Waals surface area (Å²) >= 11 is 0. The standard InChI is InChI=1S/C33H52O12S.2Na/c1-15(2)12-24-28(43-24)16(3)19-6-7-20-18-14-23(45-46(39,40)41)22-13-17(8-10-33(22,5)21(18)9-11-32(19,20)4)42-31-27(36)25(34)26(35)29(44-31)30(37)38;;/h9,15-20,22-29,31,34-36H,6-8,10-14H2,1-5H3,(H,37,38)(H,39,40,41);;/q;2*+1/p-2/t16-,17-,18-,19+,20-,22+,23-,24-,25-,26-,27+,28-,29-,31+,32+,33+;;/m0../s1. The number of hydrogen-bond acceptors (Lipinski definition) is 12. The second-order valence-electron chi connectivity index (χ2n) is 15.9. The van der Waals surface area contributed by atoms with Gasteiger partial charge in [0, 0.05) is 0 Å². The van der Waals surface area contributed by atoms with Gasteiger partial charge < -0.3 is 44.0 Å². The average Bonchev–Trinajstić information content (AvgIpc) is 3.62. The van der Waals surface area contributed by atoms with E-state index in [0.29, 0.717) is 49.0 Å². The number of ether oxygens (including phenoxy) is 3. The van der Waals surface area contributed by atoms with E-state index in [9.17, 15) is 38.2 Å². The molecule has 15 heteroatoms. The number of carbonyl (C=O) groups is 1. The summed E-state index contributed by atoms with van der Waals surface area (Å²) in [6, 6.07) is 0. The molecule has 0 aromatic rings. The SMILES string of the molecule is CC(C)C[C@@H]1O[C@H]1[C@@H](C)[C@H]1CC[C@H]2[C@@H]3C[C@H](OS(=O)(=O)[O-])[C@H]4C[C@@H](O[C@@H]5O[C@H](C(=O)[O-])[C@@H](O)[C@H](O)[C@H]5O)CC[C@]4(C)C3=CC[C@]12C.[Na+].[Na+]. The van der Waals surface area contributed by atoms with E-state index in [1.54, 1.807) is 0 Å². The van der Waals surface area contributed by atoms with Crippen molar-refractivity contribution in [1.29, 1.82) is 0 Å². The molecule has 0 unspecified atom stereocenters. The molecule has 6 rings (SSSR count). The van der Waals surface area contributed by atoms with Crippen molar-refractivity contribution in [1.82, 2.24) is 0 Å². The quantitative estimate of drug-likeness (QED) is 0.0517. The van der Waals surface area contributed by atoms with Crippen LogP contribution in [0.2, 0.25) is 0 Å². The van der Waals surface area contributed by atoms with Gasteiger partial charge >= 0.3 is 59.1 Å². The molecule has 0 bridgehead atoms. The van der Waals surface area contributed by atoms with Crippen molar-refractivity contribution in [3.8, 4) is 0 Å². The Morgan fingerprint density at radius 1 is 1.02 bits per heavy atom. The van der Waals surface area contributed by atoms with Crippen molar-refractivity contribution in [2.75, 3.05) is 0 Å². The summed E-state index contributed by atoms with van der Waals surface area (Å²) < 4.78 is 59.0. The third-order valence-electron chi connectivity index (χ3n) is 12.9. The molecule has 2 heterocycles. The maximum Gasteiger partial charge on any atom is 1.00 e. The van der Waals surface area contributed by atoms with Crippen LogP contribution in [0.1, 0.15) is 86.0 Å². The molecule has 3 saturated carbocycles. The van der Waals surface area contributed by atoms with E-state index in [0.717, 1.165) is 25.7 Å². The van der Waals surface area contributed by atoms with Crippen LogP contribution in [0, 0.1) is 46.3 Å². The molecule has 3 N–H and O–H groups in total. The minimum absolute atomic E-state index is 0. The van der Waals surface area contributed by atoms with E-state index in [1.165, 1.54) is 5.57 Å². The van der Waals surface area contributed by atoms with Crippen LogP contribution >= 0.6 is 0 Å². The zero-order chi connectivity index (χ0) is 33.5. The van der Waals surface area contributed by atoms with Crippen LogP contribution in [0.4, 0.5) is 0 Å². The molecular formula is C33H50Na2O12S. The molecule has 0 radical (unpaired) electrons. The summed E-state index contributed by atoms with van der Waals surface area (Å²) in [5.74, 6) is -0.324. The summed E-state index contributed by atoms with van der Waals surface area (Å²) in [7, 11) is -5.03. The van der Waals surface area contributed by atoms with Crippen LogP contribution in [-0.2, 0) is 33.6 Å². The van der Waals surface area contributed by atoms with Gasteiger partial charge in [0.2, 0.25) is 10.4 Å². The normalized spacial score (nSPS) is 47.4. The fourth-order valence-corrected chi connectivity index (χ4v) is 11.2. The second-order valence-corrected chi connectivity index (χ2v) is 17.0. The van der Waals surface area contributed by atoms with E-state index >= 15 is 0 Å². The molecule has 0 aromatic carbocycles. The Bertz CT molecular complexity index is 1320. The smallest absolute Gasteiger partial charge is 0.726 e. The second kappa shape index (κ2) is 15.3. The van der Waals surface area contributed by atoms with Crippen molar-refractivity contribution in [2.45, 2.75) is 141 Å². The number of aliphatic hydroxyl groups is 3. The third kappa shape index (κ3) is 7.73. The van der Waals surface area contributed by atoms with Gasteiger partial charge in [-0.3, -0.25) is 4.18 Å². The molecule has 0 amide bonds. The van der Waals surface area contributed by atoms with Gasteiger partial charge in [-0.25, -0.2) is 8.42 Å². The first-order valence-corrected chi connectivity index (χ1v) is 18.3. The number of fused-ring (bicyclic) bond motifs is 5. The van der Waals surface area contributed by atoms with Gasteiger partial charge in [-0.05, 0) is 97.7 Å². The molecule has 5 fully saturated rings. The number of carboxylic acid groups (broad SMARTS) is 1. The predicted octanol–water partition coefficient (Wildman–Crippen LogP) is -4.58. The topological polar surface area (TPSA) is 198 Å². The maximum atomic E-state index is 12.1. The van der Waals surface area contributed by atoms with Crippen LogP contribution in [0.5, 0.6) is 0 Å². The van der Waals surface area contributed by atoms with Gasteiger partial charge in [0.15, 0.2) is 6.29 Å². The summed E-state index contributed by atoms with van der Waals surface area (Å²) in [4.78, 5) is 11.5. The van der Waals surface area contributed by atoms with Crippen LogP contribution < -0.4 is 64.2 Å². The van der Waals surface area contributed by atoms with E-state index in [1.807, 2.05) is 0 Å². The molecule has 6 aliphatic rings. The Hall–Kier alpha value is 0.840. The number of carbonyl (C=O) groups excluding carboxylic acids is 1. The fourth-order valence-electron chi connectivity index (χ4n) is 10.6. The number of aliphatic carboxylic acids is 1. The Labute approximate surface area is 328 Å². The van der Waals surface area contributed by atoms with Gasteiger partial charge in [-0.1, -0.05) is 46.3 Å². The summed E-state index contributed by atoms with van der Waals surface area (Å²) in [5, 5.41) is 42.2. The Kier molecular flexibility index (Phi) is 13.3. The number of epoxide rings is 1. The van der Waals surface area contributed by atoms with E-state index in [2.05, 4.69) is 40.7 Å². The average molecular weight is 717 g/mol.